The highest BCUT2D eigenvalue weighted by molar-refractivity contribution is 6.33. The summed E-state index contributed by atoms with van der Waals surface area (Å²) >= 11 is 6.44. The number of hydrogen-bond donors (Lipinski definition) is 1. The molecule has 23 heavy (non-hydrogen) atoms. The van der Waals surface area contributed by atoms with Crippen LogP contribution in [0, 0.1) is 5.92 Å². The lowest BCUT2D eigenvalue weighted by molar-refractivity contribution is 0.674. The molecule has 0 amide bonds. The summed E-state index contributed by atoms with van der Waals surface area (Å²) in [5.41, 5.74) is 3.62. The fourth-order valence-electron chi connectivity index (χ4n) is 2.98. The lowest BCUT2D eigenvalue weighted by atomic mass is 9.99. The summed E-state index contributed by atoms with van der Waals surface area (Å²) in [5.74, 6) is 1.43. The minimum atomic E-state index is 0.280. The number of benzene rings is 1. The summed E-state index contributed by atoms with van der Waals surface area (Å²) in [4.78, 5) is 8.60. The van der Waals surface area contributed by atoms with Crippen molar-refractivity contribution in [3.63, 3.8) is 0 Å². The molecule has 1 N–H and O–H groups in total. The second-order valence-corrected chi connectivity index (χ2v) is 6.67. The van der Waals surface area contributed by atoms with Gasteiger partial charge in [-0.15, -0.1) is 0 Å². The van der Waals surface area contributed by atoms with Crippen LogP contribution in [0.5, 0.6) is 0 Å². The number of hydrogen-bond acceptors (Lipinski definition) is 3. The smallest absolute Gasteiger partial charge is 0.149 e. The number of nitrogens with one attached hydrogen (secondary N) is 1. The monoisotopic (exact) mass is 329 g/mol. The summed E-state index contributed by atoms with van der Waals surface area (Å²) in [6.45, 7) is 4.27. The maximum absolute atomic E-state index is 6.44. The number of nitrogens with zero attached hydrogens (tertiary/aromatic N) is 2. The summed E-state index contributed by atoms with van der Waals surface area (Å²) in [6.07, 6.45) is 7.26. The fraction of sp³-hybridized carbons (Fsp3) is 0.474. The predicted molar refractivity (Wildman–Crippen MR) is 95.9 cm³/mol. The average Bonchev–Trinajstić information content (AvgIpc) is 3.40. The van der Waals surface area contributed by atoms with Gasteiger partial charge >= 0.3 is 0 Å². The van der Waals surface area contributed by atoms with E-state index in [0.29, 0.717) is 10.9 Å². The highest BCUT2D eigenvalue weighted by atomic mass is 35.5. The van der Waals surface area contributed by atoms with Crippen molar-refractivity contribution in [3.8, 4) is 0 Å². The number of anilines is 1. The molecule has 0 spiro atoms. The highest BCUT2D eigenvalue weighted by Gasteiger charge is 2.33. The number of rotatable bonds is 7. The van der Waals surface area contributed by atoms with Crippen molar-refractivity contribution in [2.45, 2.75) is 52.0 Å². The van der Waals surface area contributed by atoms with Crippen molar-refractivity contribution in [1.82, 2.24) is 9.97 Å². The van der Waals surface area contributed by atoms with Gasteiger partial charge in [-0.2, -0.15) is 0 Å². The Morgan fingerprint density at radius 2 is 1.91 bits per heavy atom. The van der Waals surface area contributed by atoms with Crippen LogP contribution in [-0.4, -0.2) is 9.97 Å². The van der Waals surface area contributed by atoms with E-state index in [1.165, 1.54) is 30.4 Å². The Morgan fingerprint density at radius 3 is 2.52 bits per heavy atom. The van der Waals surface area contributed by atoms with E-state index in [9.17, 15) is 0 Å². The zero-order valence-corrected chi connectivity index (χ0v) is 14.6. The van der Waals surface area contributed by atoms with E-state index in [-0.39, 0.29) is 6.04 Å². The molecule has 122 valence electrons. The molecule has 1 unspecified atom stereocenters. The van der Waals surface area contributed by atoms with Gasteiger partial charge in [-0.05, 0) is 42.7 Å². The maximum Gasteiger partial charge on any atom is 0.149 e. The average molecular weight is 330 g/mol. The SMILES string of the molecule is CCCc1ccc(C(Nc2ncnc(CC)c2Cl)C2CC2)cc1. The van der Waals surface area contributed by atoms with Crippen molar-refractivity contribution in [3.05, 3.63) is 52.4 Å². The molecule has 1 fully saturated rings. The molecule has 1 heterocycles. The van der Waals surface area contributed by atoms with E-state index in [2.05, 4.69) is 53.4 Å². The third-order valence-electron chi connectivity index (χ3n) is 4.46. The van der Waals surface area contributed by atoms with E-state index in [0.717, 1.165) is 24.4 Å². The molecule has 3 rings (SSSR count). The molecule has 1 saturated carbocycles. The van der Waals surface area contributed by atoms with Crippen LogP contribution in [0.25, 0.3) is 0 Å². The first kappa shape index (κ1) is 16.3. The Balaban J connectivity index is 1.82. The maximum atomic E-state index is 6.44. The van der Waals surface area contributed by atoms with Gasteiger partial charge in [-0.1, -0.05) is 56.1 Å². The van der Waals surface area contributed by atoms with E-state index < -0.39 is 0 Å². The van der Waals surface area contributed by atoms with Crippen molar-refractivity contribution in [1.29, 1.82) is 0 Å². The zero-order chi connectivity index (χ0) is 16.2. The van der Waals surface area contributed by atoms with E-state index in [1.807, 2.05) is 0 Å². The van der Waals surface area contributed by atoms with Gasteiger partial charge in [-0.25, -0.2) is 9.97 Å². The number of aromatic nitrogens is 2. The topological polar surface area (TPSA) is 37.8 Å². The van der Waals surface area contributed by atoms with Crippen LogP contribution in [0.2, 0.25) is 5.02 Å². The van der Waals surface area contributed by atoms with Gasteiger partial charge in [0.05, 0.1) is 11.7 Å². The molecule has 0 radical (unpaired) electrons. The Labute approximate surface area is 143 Å². The largest absolute Gasteiger partial charge is 0.362 e. The van der Waals surface area contributed by atoms with E-state index >= 15 is 0 Å². The van der Waals surface area contributed by atoms with Gasteiger partial charge < -0.3 is 5.32 Å². The second kappa shape index (κ2) is 7.31. The molecular weight excluding hydrogens is 306 g/mol. The van der Waals surface area contributed by atoms with Gasteiger partial charge in [0, 0.05) is 0 Å². The van der Waals surface area contributed by atoms with Gasteiger partial charge in [0.25, 0.3) is 0 Å². The Hall–Kier alpha value is -1.61. The summed E-state index contributed by atoms with van der Waals surface area (Å²) in [5, 5.41) is 4.22. The summed E-state index contributed by atoms with van der Waals surface area (Å²) < 4.78 is 0. The van der Waals surface area contributed by atoms with Gasteiger partial charge in [-0.3, -0.25) is 0 Å². The predicted octanol–water partition coefficient (Wildman–Crippen LogP) is 5.21. The molecule has 0 bridgehead atoms. The second-order valence-electron chi connectivity index (χ2n) is 6.29. The van der Waals surface area contributed by atoms with Crippen molar-refractivity contribution in [2.75, 3.05) is 5.32 Å². The van der Waals surface area contributed by atoms with Crippen LogP contribution >= 0.6 is 11.6 Å². The Bertz CT molecular complexity index is 650. The van der Waals surface area contributed by atoms with Crippen molar-refractivity contribution >= 4 is 17.4 Å². The molecule has 1 aliphatic carbocycles. The summed E-state index contributed by atoms with van der Waals surface area (Å²) in [6, 6.07) is 9.26. The van der Waals surface area contributed by atoms with Crippen LogP contribution < -0.4 is 5.32 Å². The van der Waals surface area contributed by atoms with E-state index in [1.54, 1.807) is 6.33 Å². The van der Waals surface area contributed by atoms with Crippen LogP contribution in [0.3, 0.4) is 0 Å². The molecule has 1 aromatic heterocycles. The minimum absolute atomic E-state index is 0.280. The van der Waals surface area contributed by atoms with Crippen molar-refractivity contribution < 1.29 is 0 Å². The molecule has 0 saturated heterocycles. The highest BCUT2D eigenvalue weighted by Crippen LogP contribution is 2.43. The standard InChI is InChI=1S/C19H24ClN3/c1-3-5-13-6-8-14(9-7-13)18(15-10-11-15)23-19-17(20)16(4-2)21-12-22-19/h6-9,12,15,18H,3-5,10-11H2,1-2H3,(H,21,22,23). The molecule has 1 atom stereocenters. The number of aryl methyl sites for hydroxylation is 2. The quantitative estimate of drug-likeness (QED) is 0.757. The Morgan fingerprint density at radius 1 is 1.17 bits per heavy atom. The Kier molecular flexibility index (Phi) is 5.16. The summed E-state index contributed by atoms with van der Waals surface area (Å²) in [7, 11) is 0. The molecular formula is C19H24ClN3. The van der Waals surface area contributed by atoms with Gasteiger partial charge in [0.2, 0.25) is 0 Å². The number of halogens is 1. The van der Waals surface area contributed by atoms with Crippen molar-refractivity contribution in [2.24, 2.45) is 5.92 Å². The minimum Gasteiger partial charge on any atom is -0.362 e. The first-order valence-corrected chi connectivity index (χ1v) is 8.95. The van der Waals surface area contributed by atoms with Crippen LogP contribution in [0.4, 0.5) is 5.82 Å². The molecule has 3 nitrogen and oxygen atoms in total. The zero-order valence-electron chi connectivity index (χ0n) is 13.8. The normalized spacial score (nSPS) is 15.4. The van der Waals surface area contributed by atoms with Crippen LogP contribution in [0.1, 0.15) is 56.0 Å². The van der Waals surface area contributed by atoms with Crippen LogP contribution in [0.15, 0.2) is 30.6 Å². The first-order valence-electron chi connectivity index (χ1n) is 8.57. The molecule has 1 aromatic carbocycles. The molecule has 1 aliphatic rings. The molecule has 4 heteroatoms. The first-order chi connectivity index (χ1) is 11.2. The lowest BCUT2D eigenvalue weighted by Gasteiger charge is -2.21. The fourth-order valence-corrected chi connectivity index (χ4v) is 3.27. The van der Waals surface area contributed by atoms with Gasteiger partial charge in [0.1, 0.15) is 17.2 Å². The lowest BCUT2D eigenvalue weighted by Crippen LogP contribution is -2.15. The molecule has 2 aromatic rings. The third-order valence-corrected chi connectivity index (χ3v) is 4.86. The third kappa shape index (κ3) is 3.84. The van der Waals surface area contributed by atoms with E-state index in [4.69, 9.17) is 11.6 Å². The van der Waals surface area contributed by atoms with Gasteiger partial charge in [0.15, 0.2) is 0 Å². The molecule has 0 aliphatic heterocycles. The van der Waals surface area contributed by atoms with Crippen LogP contribution in [-0.2, 0) is 12.8 Å².